The molecular formula is C18H23N3O2S. The van der Waals surface area contributed by atoms with Gasteiger partial charge in [-0.3, -0.25) is 0 Å². The first-order chi connectivity index (χ1) is 11.6. The number of amides is 2. The molecule has 2 amide bonds. The van der Waals surface area contributed by atoms with Crippen LogP contribution in [0.1, 0.15) is 31.9 Å². The van der Waals surface area contributed by atoms with Crippen molar-refractivity contribution in [3.63, 3.8) is 0 Å². The van der Waals surface area contributed by atoms with Gasteiger partial charge in [0, 0.05) is 22.4 Å². The maximum absolute atomic E-state index is 12.1. The summed E-state index contributed by atoms with van der Waals surface area (Å²) in [5, 5.41) is 18.3. The van der Waals surface area contributed by atoms with E-state index < -0.39 is 0 Å². The first-order valence-electron chi connectivity index (χ1n) is 8.26. The minimum absolute atomic E-state index is 0.0258. The lowest BCUT2D eigenvalue weighted by Crippen LogP contribution is -2.48. The van der Waals surface area contributed by atoms with E-state index >= 15 is 0 Å². The molecule has 1 aliphatic carbocycles. The third-order valence-electron chi connectivity index (χ3n) is 4.75. The van der Waals surface area contributed by atoms with Gasteiger partial charge in [0.25, 0.3) is 0 Å². The number of nitrogens with one attached hydrogen (secondary N) is 2. The molecule has 2 atom stereocenters. The number of aromatic nitrogens is 1. The third kappa shape index (κ3) is 3.76. The Morgan fingerprint density at radius 1 is 1.42 bits per heavy atom. The van der Waals surface area contributed by atoms with Crippen LogP contribution >= 0.6 is 11.3 Å². The summed E-state index contributed by atoms with van der Waals surface area (Å²) in [5.41, 5.74) is 1.73. The van der Waals surface area contributed by atoms with Crippen molar-refractivity contribution >= 4 is 17.4 Å². The van der Waals surface area contributed by atoms with Crippen molar-refractivity contribution in [3.05, 3.63) is 41.4 Å². The van der Waals surface area contributed by atoms with Crippen molar-refractivity contribution < 1.29 is 9.90 Å². The molecule has 3 N–H and O–H groups in total. The van der Waals surface area contributed by atoms with Crippen molar-refractivity contribution in [2.75, 3.05) is 6.61 Å². The fourth-order valence-corrected chi connectivity index (χ4v) is 3.98. The van der Waals surface area contributed by atoms with Crippen LogP contribution in [0, 0.1) is 5.41 Å². The standard InChI is InChI=1S/C18H23N3O2S/c1-18(12-22)9-5-8-15(18)21-17(23)19-10-14-11-24-16(20-14)13-6-3-2-4-7-13/h2-4,6-7,11,15,22H,5,8-10,12H2,1H3,(H2,19,21,23). The van der Waals surface area contributed by atoms with E-state index in [1.54, 1.807) is 11.3 Å². The third-order valence-corrected chi connectivity index (χ3v) is 5.69. The van der Waals surface area contributed by atoms with E-state index in [9.17, 15) is 9.90 Å². The molecule has 0 saturated heterocycles. The monoisotopic (exact) mass is 345 g/mol. The molecule has 1 fully saturated rings. The molecule has 1 aromatic carbocycles. The zero-order chi connectivity index (χ0) is 17.0. The molecule has 0 spiro atoms. The number of aliphatic hydroxyl groups excluding tert-OH is 1. The summed E-state index contributed by atoms with van der Waals surface area (Å²) >= 11 is 1.57. The Labute approximate surface area is 146 Å². The number of rotatable bonds is 5. The van der Waals surface area contributed by atoms with Crippen LogP contribution in [0.4, 0.5) is 4.79 Å². The minimum atomic E-state index is -0.210. The highest BCUT2D eigenvalue weighted by Crippen LogP contribution is 2.37. The Morgan fingerprint density at radius 2 is 2.21 bits per heavy atom. The Morgan fingerprint density at radius 3 is 2.96 bits per heavy atom. The van der Waals surface area contributed by atoms with E-state index in [-0.39, 0.29) is 24.1 Å². The van der Waals surface area contributed by atoms with Gasteiger partial charge in [-0.05, 0) is 12.8 Å². The number of hydrogen-bond donors (Lipinski definition) is 3. The van der Waals surface area contributed by atoms with Crippen LogP contribution in [0.15, 0.2) is 35.7 Å². The number of urea groups is 1. The first-order valence-corrected chi connectivity index (χ1v) is 9.14. The summed E-state index contributed by atoms with van der Waals surface area (Å²) in [4.78, 5) is 16.7. The minimum Gasteiger partial charge on any atom is -0.396 e. The molecule has 0 aliphatic heterocycles. The molecule has 3 rings (SSSR count). The van der Waals surface area contributed by atoms with Crippen LogP contribution in [0.3, 0.4) is 0 Å². The van der Waals surface area contributed by atoms with Gasteiger partial charge in [-0.2, -0.15) is 0 Å². The topological polar surface area (TPSA) is 74.2 Å². The predicted molar refractivity (Wildman–Crippen MR) is 95.8 cm³/mol. The van der Waals surface area contributed by atoms with Crippen molar-refractivity contribution in [2.45, 2.75) is 38.8 Å². The number of aliphatic hydroxyl groups is 1. The van der Waals surface area contributed by atoms with Gasteiger partial charge in [0.05, 0.1) is 18.8 Å². The summed E-state index contributed by atoms with van der Waals surface area (Å²) < 4.78 is 0. The highest BCUT2D eigenvalue weighted by atomic mass is 32.1. The van der Waals surface area contributed by atoms with E-state index in [1.807, 2.05) is 42.6 Å². The predicted octanol–water partition coefficient (Wildman–Crippen LogP) is 3.16. The molecule has 24 heavy (non-hydrogen) atoms. The number of carbonyl (C=O) groups excluding carboxylic acids is 1. The Hall–Kier alpha value is -1.92. The maximum atomic E-state index is 12.1. The first kappa shape index (κ1) is 16.9. The Balaban J connectivity index is 1.53. The lowest BCUT2D eigenvalue weighted by Gasteiger charge is -2.30. The van der Waals surface area contributed by atoms with Crippen molar-refractivity contribution in [1.82, 2.24) is 15.6 Å². The van der Waals surface area contributed by atoms with Crippen LogP contribution in [-0.4, -0.2) is 28.8 Å². The van der Waals surface area contributed by atoms with Crippen LogP contribution in [0.2, 0.25) is 0 Å². The quantitative estimate of drug-likeness (QED) is 0.779. The highest BCUT2D eigenvalue weighted by molar-refractivity contribution is 7.13. The molecule has 1 aromatic heterocycles. The largest absolute Gasteiger partial charge is 0.396 e. The molecule has 0 bridgehead atoms. The second-order valence-corrected chi connectivity index (χ2v) is 7.45. The van der Waals surface area contributed by atoms with Crippen molar-refractivity contribution in [2.24, 2.45) is 5.41 Å². The fourth-order valence-electron chi connectivity index (χ4n) is 3.15. The van der Waals surface area contributed by atoms with E-state index in [0.717, 1.165) is 35.5 Å². The average molecular weight is 345 g/mol. The van der Waals surface area contributed by atoms with Crippen LogP contribution in [-0.2, 0) is 6.54 Å². The molecule has 6 heteroatoms. The van der Waals surface area contributed by atoms with E-state index in [1.165, 1.54) is 0 Å². The van der Waals surface area contributed by atoms with Gasteiger partial charge in [0.15, 0.2) is 0 Å². The molecular weight excluding hydrogens is 322 g/mol. The molecule has 1 saturated carbocycles. The zero-order valence-corrected chi connectivity index (χ0v) is 14.6. The number of benzene rings is 1. The van der Waals surface area contributed by atoms with Crippen LogP contribution in [0.5, 0.6) is 0 Å². The summed E-state index contributed by atoms with van der Waals surface area (Å²) in [7, 11) is 0. The number of thiazole rings is 1. The van der Waals surface area contributed by atoms with Gasteiger partial charge in [0.2, 0.25) is 0 Å². The molecule has 2 aromatic rings. The second-order valence-electron chi connectivity index (χ2n) is 6.59. The SMILES string of the molecule is CC1(CO)CCCC1NC(=O)NCc1csc(-c2ccccc2)n1. The lowest BCUT2D eigenvalue weighted by molar-refractivity contribution is 0.121. The summed E-state index contributed by atoms with van der Waals surface area (Å²) in [6.45, 7) is 2.53. The Bertz CT molecular complexity index is 689. The molecule has 0 radical (unpaired) electrons. The average Bonchev–Trinajstić information content (AvgIpc) is 3.22. The number of nitrogens with zero attached hydrogens (tertiary/aromatic N) is 1. The van der Waals surface area contributed by atoms with Gasteiger partial charge < -0.3 is 15.7 Å². The molecule has 1 aliphatic rings. The Kier molecular flexibility index (Phi) is 5.16. The molecule has 2 unspecified atom stereocenters. The summed E-state index contributed by atoms with van der Waals surface area (Å²) in [6.07, 6.45) is 2.90. The zero-order valence-electron chi connectivity index (χ0n) is 13.8. The summed E-state index contributed by atoms with van der Waals surface area (Å²) in [6, 6.07) is 9.84. The van der Waals surface area contributed by atoms with Gasteiger partial charge in [0.1, 0.15) is 5.01 Å². The van der Waals surface area contributed by atoms with E-state index in [2.05, 4.69) is 15.6 Å². The lowest BCUT2D eigenvalue weighted by atomic mass is 9.86. The fraction of sp³-hybridized carbons (Fsp3) is 0.444. The number of carbonyl (C=O) groups is 1. The molecule has 1 heterocycles. The van der Waals surface area contributed by atoms with E-state index in [4.69, 9.17) is 0 Å². The molecule has 5 nitrogen and oxygen atoms in total. The van der Waals surface area contributed by atoms with Gasteiger partial charge >= 0.3 is 6.03 Å². The van der Waals surface area contributed by atoms with Crippen molar-refractivity contribution in [3.8, 4) is 10.6 Å². The smallest absolute Gasteiger partial charge is 0.315 e. The second kappa shape index (κ2) is 7.32. The van der Waals surface area contributed by atoms with Gasteiger partial charge in [-0.1, -0.05) is 43.7 Å². The van der Waals surface area contributed by atoms with Gasteiger partial charge in [-0.15, -0.1) is 11.3 Å². The highest BCUT2D eigenvalue weighted by Gasteiger charge is 2.39. The van der Waals surface area contributed by atoms with Gasteiger partial charge in [-0.25, -0.2) is 9.78 Å². The molecule has 128 valence electrons. The summed E-state index contributed by atoms with van der Waals surface area (Å²) in [5.74, 6) is 0. The van der Waals surface area contributed by atoms with Crippen molar-refractivity contribution in [1.29, 1.82) is 0 Å². The van der Waals surface area contributed by atoms with E-state index in [0.29, 0.717) is 6.54 Å². The van der Waals surface area contributed by atoms with Crippen LogP contribution in [0.25, 0.3) is 10.6 Å². The maximum Gasteiger partial charge on any atom is 0.315 e. The normalized spacial score (nSPS) is 23.2. The number of hydrogen-bond acceptors (Lipinski definition) is 4. The van der Waals surface area contributed by atoms with Crippen LogP contribution < -0.4 is 10.6 Å².